The molecule has 9 nitrogen and oxygen atoms in total. The quantitative estimate of drug-likeness (QED) is 0.221. The van der Waals surface area contributed by atoms with Crippen LogP contribution < -0.4 is 5.56 Å². The summed E-state index contributed by atoms with van der Waals surface area (Å²) in [4.78, 5) is 30.7. The highest BCUT2D eigenvalue weighted by atomic mass is 32.2. The Labute approximate surface area is 219 Å². The van der Waals surface area contributed by atoms with Gasteiger partial charge in [-0.15, -0.1) is 6.58 Å². The van der Waals surface area contributed by atoms with Gasteiger partial charge in [-0.2, -0.15) is 0 Å². The molecule has 0 atom stereocenters. The lowest BCUT2D eigenvalue weighted by Gasteiger charge is -2.14. The number of nitrogens with zero attached hydrogens (tertiary/aromatic N) is 4. The van der Waals surface area contributed by atoms with Crippen LogP contribution in [0.2, 0.25) is 0 Å². The van der Waals surface area contributed by atoms with Crippen LogP contribution in [0.5, 0.6) is 0 Å². The molecule has 2 aromatic carbocycles. The molecule has 0 N–H and O–H groups in total. The van der Waals surface area contributed by atoms with E-state index in [-0.39, 0.29) is 11.3 Å². The van der Waals surface area contributed by atoms with Gasteiger partial charge in [0.25, 0.3) is 5.56 Å². The molecule has 0 radical (unpaired) electrons. The zero-order valence-corrected chi connectivity index (χ0v) is 21.8. The highest BCUT2D eigenvalue weighted by Gasteiger charge is 2.24. The number of aryl methyl sites for hydroxylation is 2. The number of methoxy groups -OCH3 is 1. The zero-order valence-electron chi connectivity index (χ0n) is 21.0. The van der Waals surface area contributed by atoms with Gasteiger partial charge in [0.15, 0.2) is 0 Å². The SMILES string of the molecule is C=CCCn1cc(-c2cc(C(=O)OC)cc3c2ncn3C)c2ccn(S(=O)(=O)Cc3ccccc3)c2c1=O. The van der Waals surface area contributed by atoms with Crippen LogP contribution in [-0.2, 0) is 34.1 Å². The molecule has 0 spiro atoms. The fraction of sp³-hybridized carbons (Fsp3) is 0.179. The standard InChI is InChI=1S/C28H26N4O5S/c1-4-5-12-31-16-23(22-14-20(28(34)37-3)15-24-25(22)29-18-30(24)2)21-11-13-32(26(21)27(31)33)38(35,36)17-19-9-7-6-8-10-19/h4,6-11,13-16,18H,1,5,12,17H2,2-3H3. The average Bonchev–Trinajstić information content (AvgIpc) is 3.53. The third-order valence-corrected chi connectivity index (χ3v) is 8.10. The summed E-state index contributed by atoms with van der Waals surface area (Å²) in [7, 11) is -0.811. The molecule has 0 aliphatic carbocycles. The first-order chi connectivity index (χ1) is 18.2. The highest BCUT2D eigenvalue weighted by molar-refractivity contribution is 7.89. The van der Waals surface area contributed by atoms with Gasteiger partial charge in [-0.3, -0.25) is 4.79 Å². The Morgan fingerprint density at radius 2 is 1.89 bits per heavy atom. The number of hydrogen-bond donors (Lipinski definition) is 0. The molecule has 0 amide bonds. The van der Waals surface area contributed by atoms with E-state index < -0.39 is 21.6 Å². The predicted molar refractivity (Wildman–Crippen MR) is 147 cm³/mol. The minimum absolute atomic E-state index is 0.0371. The number of imidazole rings is 1. The van der Waals surface area contributed by atoms with Crippen LogP contribution >= 0.6 is 0 Å². The normalized spacial score (nSPS) is 11.7. The molecular weight excluding hydrogens is 504 g/mol. The molecule has 194 valence electrons. The molecule has 3 aromatic heterocycles. The number of ether oxygens (including phenoxy) is 1. The Bertz CT molecular complexity index is 1860. The lowest BCUT2D eigenvalue weighted by atomic mass is 9.99. The molecule has 38 heavy (non-hydrogen) atoms. The minimum Gasteiger partial charge on any atom is -0.465 e. The molecular formula is C28H26N4O5S. The number of allylic oxidation sites excluding steroid dienone is 1. The first-order valence-electron chi connectivity index (χ1n) is 11.9. The third kappa shape index (κ3) is 4.32. The zero-order chi connectivity index (χ0) is 27.0. The summed E-state index contributed by atoms with van der Waals surface area (Å²) in [5, 5.41) is 0.440. The number of rotatable bonds is 8. The van der Waals surface area contributed by atoms with Crippen LogP contribution in [-0.4, -0.2) is 39.6 Å². The van der Waals surface area contributed by atoms with Crippen molar-refractivity contribution in [2.45, 2.75) is 18.7 Å². The summed E-state index contributed by atoms with van der Waals surface area (Å²) in [6.07, 6.45) is 6.92. The average molecular weight is 531 g/mol. The van der Waals surface area contributed by atoms with Crippen molar-refractivity contribution < 1.29 is 17.9 Å². The summed E-state index contributed by atoms with van der Waals surface area (Å²) in [6.45, 7) is 4.05. The highest BCUT2D eigenvalue weighted by Crippen LogP contribution is 2.34. The van der Waals surface area contributed by atoms with Gasteiger partial charge in [0.1, 0.15) is 5.52 Å². The van der Waals surface area contributed by atoms with Crippen molar-refractivity contribution in [3.8, 4) is 11.1 Å². The van der Waals surface area contributed by atoms with E-state index in [9.17, 15) is 18.0 Å². The van der Waals surface area contributed by atoms with E-state index in [2.05, 4.69) is 11.6 Å². The lowest BCUT2D eigenvalue weighted by molar-refractivity contribution is 0.0601. The van der Waals surface area contributed by atoms with Crippen molar-refractivity contribution in [2.24, 2.45) is 7.05 Å². The maximum Gasteiger partial charge on any atom is 0.337 e. The predicted octanol–water partition coefficient (Wildman–Crippen LogP) is 4.10. The Balaban J connectivity index is 1.81. The number of aromatic nitrogens is 4. The van der Waals surface area contributed by atoms with Crippen LogP contribution in [0.25, 0.3) is 33.1 Å². The smallest absolute Gasteiger partial charge is 0.337 e. The first-order valence-corrected chi connectivity index (χ1v) is 13.5. The van der Waals surface area contributed by atoms with E-state index in [1.165, 1.54) is 17.9 Å². The summed E-state index contributed by atoms with van der Waals surface area (Å²) < 4.78 is 36.3. The summed E-state index contributed by atoms with van der Waals surface area (Å²) in [5.41, 5.74) is 2.98. The number of fused-ring (bicyclic) bond motifs is 2. The van der Waals surface area contributed by atoms with Crippen molar-refractivity contribution in [1.82, 2.24) is 18.1 Å². The van der Waals surface area contributed by atoms with E-state index in [1.807, 2.05) is 13.1 Å². The molecule has 3 heterocycles. The van der Waals surface area contributed by atoms with Gasteiger partial charge >= 0.3 is 5.97 Å². The molecule has 0 saturated heterocycles. The Kier molecular flexibility index (Phi) is 6.50. The van der Waals surface area contributed by atoms with Crippen molar-refractivity contribution >= 4 is 37.9 Å². The maximum absolute atomic E-state index is 13.6. The number of benzene rings is 2. The van der Waals surface area contributed by atoms with Crippen molar-refractivity contribution in [1.29, 1.82) is 0 Å². The molecule has 0 bridgehead atoms. The largest absolute Gasteiger partial charge is 0.465 e. The molecule has 5 aromatic rings. The van der Waals surface area contributed by atoms with Gasteiger partial charge in [0, 0.05) is 42.5 Å². The second-order valence-corrected chi connectivity index (χ2v) is 10.8. The van der Waals surface area contributed by atoms with Crippen molar-refractivity contribution in [3.63, 3.8) is 0 Å². The second-order valence-electron chi connectivity index (χ2n) is 8.97. The maximum atomic E-state index is 13.6. The Morgan fingerprint density at radius 3 is 2.61 bits per heavy atom. The second kappa shape index (κ2) is 9.79. The van der Waals surface area contributed by atoms with Gasteiger partial charge in [0.2, 0.25) is 10.0 Å². The van der Waals surface area contributed by atoms with Gasteiger partial charge in [-0.05, 0) is 30.2 Å². The van der Waals surface area contributed by atoms with Crippen molar-refractivity contribution in [2.75, 3.05) is 7.11 Å². The fourth-order valence-corrected chi connectivity index (χ4v) is 6.08. The molecule has 5 rings (SSSR count). The van der Waals surface area contributed by atoms with Gasteiger partial charge in [-0.25, -0.2) is 22.2 Å². The molecule has 0 aliphatic heterocycles. The number of esters is 1. The van der Waals surface area contributed by atoms with Gasteiger partial charge in [0.05, 0.1) is 35.8 Å². The Hall–Kier alpha value is -4.44. The number of carbonyl (C=O) groups is 1. The topological polar surface area (TPSA) is 105 Å². The molecule has 0 fully saturated rings. The summed E-state index contributed by atoms with van der Waals surface area (Å²) >= 11 is 0. The van der Waals surface area contributed by atoms with Gasteiger partial charge < -0.3 is 13.9 Å². The van der Waals surface area contributed by atoms with E-state index in [1.54, 1.807) is 65.6 Å². The van der Waals surface area contributed by atoms with E-state index in [0.29, 0.717) is 51.6 Å². The van der Waals surface area contributed by atoms with E-state index >= 15 is 0 Å². The summed E-state index contributed by atoms with van der Waals surface area (Å²) in [6, 6.07) is 13.8. The number of pyridine rings is 1. The summed E-state index contributed by atoms with van der Waals surface area (Å²) in [5.74, 6) is -0.787. The lowest BCUT2D eigenvalue weighted by Crippen LogP contribution is -2.25. The molecule has 10 heteroatoms. The molecule has 0 saturated carbocycles. The first kappa shape index (κ1) is 25.2. The van der Waals surface area contributed by atoms with Crippen LogP contribution in [0.1, 0.15) is 22.3 Å². The monoisotopic (exact) mass is 530 g/mol. The van der Waals surface area contributed by atoms with Crippen LogP contribution in [0.4, 0.5) is 0 Å². The van der Waals surface area contributed by atoms with Gasteiger partial charge in [-0.1, -0.05) is 36.4 Å². The minimum atomic E-state index is -3.93. The van der Waals surface area contributed by atoms with E-state index in [4.69, 9.17) is 4.74 Å². The number of carbonyl (C=O) groups excluding carboxylic acids is 1. The third-order valence-electron chi connectivity index (χ3n) is 6.50. The van der Waals surface area contributed by atoms with Crippen LogP contribution in [0.15, 0.2) is 84.7 Å². The Morgan fingerprint density at radius 1 is 1.13 bits per heavy atom. The fourth-order valence-electron chi connectivity index (χ4n) is 4.63. The van der Waals surface area contributed by atoms with Crippen molar-refractivity contribution in [3.05, 3.63) is 101 Å². The van der Waals surface area contributed by atoms with Crippen LogP contribution in [0, 0.1) is 0 Å². The molecule has 0 aliphatic rings. The van der Waals surface area contributed by atoms with Crippen LogP contribution in [0.3, 0.4) is 0 Å². The molecule has 0 unspecified atom stereocenters. The van der Waals surface area contributed by atoms with E-state index in [0.717, 1.165) is 3.97 Å². The number of hydrogen-bond acceptors (Lipinski definition) is 6.